The van der Waals surface area contributed by atoms with Gasteiger partial charge in [0.25, 0.3) is 0 Å². The molecule has 0 saturated heterocycles. The maximum atomic E-state index is 9.89. The van der Waals surface area contributed by atoms with Crippen molar-refractivity contribution < 1.29 is 20.1 Å². The molecule has 0 bridgehead atoms. The van der Waals surface area contributed by atoms with Crippen molar-refractivity contribution in [3.63, 3.8) is 0 Å². The standard InChI is InChI=1S/C14H24N2O4/c15-9-12-1-3-14(4-2-12)20-11-13(19)10-16(5-7-17)6-8-18/h1-4,13,17-19H,5-11,15H2. The number of hydrogen-bond donors (Lipinski definition) is 4. The molecule has 114 valence electrons. The summed E-state index contributed by atoms with van der Waals surface area (Å²) in [5, 5.41) is 27.7. The number of aliphatic hydroxyl groups excluding tert-OH is 3. The van der Waals surface area contributed by atoms with Crippen molar-refractivity contribution in [2.75, 3.05) is 39.5 Å². The quantitative estimate of drug-likeness (QED) is 0.448. The highest BCUT2D eigenvalue weighted by Gasteiger charge is 2.11. The zero-order valence-corrected chi connectivity index (χ0v) is 11.6. The summed E-state index contributed by atoms with van der Waals surface area (Å²) in [6.45, 7) is 1.82. The molecule has 0 spiro atoms. The third kappa shape index (κ3) is 6.31. The van der Waals surface area contributed by atoms with E-state index in [1.54, 1.807) is 4.90 Å². The van der Waals surface area contributed by atoms with Gasteiger partial charge in [-0.05, 0) is 17.7 Å². The summed E-state index contributed by atoms with van der Waals surface area (Å²) in [6.07, 6.45) is -0.678. The van der Waals surface area contributed by atoms with E-state index in [1.807, 2.05) is 24.3 Å². The zero-order chi connectivity index (χ0) is 14.8. The van der Waals surface area contributed by atoms with Crippen molar-refractivity contribution in [2.24, 2.45) is 5.73 Å². The maximum Gasteiger partial charge on any atom is 0.119 e. The molecule has 1 rings (SSSR count). The number of ether oxygens (including phenoxy) is 1. The van der Waals surface area contributed by atoms with Crippen molar-refractivity contribution in [3.05, 3.63) is 29.8 Å². The van der Waals surface area contributed by atoms with Gasteiger partial charge in [-0.1, -0.05) is 12.1 Å². The van der Waals surface area contributed by atoms with E-state index in [9.17, 15) is 5.11 Å². The second kappa shape index (κ2) is 9.68. The molecule has 0 saturated carbocycles. The highest BCUT2D eigenvalue weighted by molar-refractivity contribution is 5.27. The summed E-state index contributed by atoms with van der Waals surface area (Å²) in [7, 11) is 0. The lowest BCUT2D eigenvalue weighted by Crippen LogP contribution is -2.38. The number of benzene rings is 1. The molecule has 0 aliphatic carbocycles. The van der Waals surface area contributed by atoms with Crippen LogP contribution in [0.4, 0.5) is 0 Å². The molecule has 0 amide bonds. The summed E-state index contributed by atoms with van der Waals surface area (Å²) in [5.74, 6) is 0.678. The molecule has 0 radical (unpaired) electrons. The van der Waals surface area contributed by atoms with Crippen LogP contribution in [0.25, 0.3) is 0 Å². The van der Waals surface area contributed by atoms with E-state index >= 15 is 0 Å². The van der Waals surface area contributed by atoms with Crippen LogP contribution in [0.15, 0.2) is 24.3 Å². The van der Waals surface area contributed by atoms with Gasteiger partial charge in [0.2, 0.25) is 0 Å². The Morgan fingerprint density at radius 1 is 1.10 bits per heavy atom. The van der Waals surface area contributed by atoms with Gasteiger partial charge in [-0.3, -0.25) is 4.90 Å². The van der Waals surface area contributed by atoms with E-state index in [-0.39, 0.29) is 19.8 Å². The normalized spacial score (nSPS) is 12.7. The van der Waals surface area contributed by atoms with E-state index in [0.717, 1.165) is 5.56 Å². The minimum atomic E-state index is -0.678. The Kier molecular flexibility index (Phi) is 8.17. The first kappa shape index (κ1) is 16.9. The summed E-state index contributed by atoms with van der Waals surface area (Å²) in [5.41, 5.74) is 6.53. The first-order chi connectivity index (χ1) is 9.69. The molecule has 20 heavy (non-hydrogen) atoms. The first-order valence-electron chi connectivity index (χ1n) is 6.73. The topological polar surface area (TPSA) is 99.2 Å². The Balaban J connectivity index is 2.35. The molecule has 1 atom stereocenters. The largest absolute Gasteiger partial charge is 0.491 e. The van der Waals surface area contributed by atoms with E-state index < -0.39 is 6.10 Å². The fourth-order valence-corrected chi connectivity index (χ4v) is 1.84. The van der Waals surface area contributed by atoms with Crippen LogP contribution in [0.2, 0.25) is 0 Å². The fourth-order valence-electron chi connectivity index (χ4n) is 1.84. The molecule has 6 heteroatoms. The molecule has 0 aliphatic heterocycles. The number of hydrogen-bond acceptors (Lipinski definition) is 6. The molecule has 0 aliphatic rings. The Bertz CT molecular complexity index is 353. The van der Waals surface area contributed by atoms with E-state index in [1.165, 1.54) is 0 Å². The van der Waals surface area contributed by atoms with Crippen LogP contribution in [0.3, 0.4) is 0 Å². The SMILES string of the molecule is NCc1ccc(OCC(O)CN(CCO)CCO)cc1. The van der Waals surface area contributed by atoms with Crippen LogP contribution < -0.4 is 10.5 Å². The molecule has 1 aromatic carbocycles. The molecule has 1 unspecified atom stereocenters. The summed E-state index contributed by atoms with van der Waals surface area (Å²) in [4.78, 5) is 1.78. The van der Waals surface area contributed by atoms with Gasteiger partial charge < -0.3 is 25.8 Å². The third-order valence-corrected chi connectivity index (χ3v) is 2.90. The van der Waals surface area contributed by atoms with Crippen molar-refractivity contribution in [3.8, 4) is 5.75 Å². The van der Waals surface area contributed by atoms with Gasteiger partial charge in [-0.2, -0.15) is 0 Å². The number of rotatable bonds is 10. The van der Waals surface area contributed by atoms with Crippen LogP contribution >= 0.6 is 0 Å². The average molecular weight is 284 g/mol. The van der Waals surface area contributed by atoms with Gasteiger partial charge in [0.15, 0.2) is 0 Å². The van der Waals surface area contributed by atoms with E-state index in [0.29, 0.717) is 31.9 Å². The maximum absolute atomic E-state index is 9.89. The number of aliphatic hydroxyl groups is 3. The highest BCUT2D eigenvalue weighted by Crippen LogP contribution is 2.12. The predicted octanol–water partition coefficient (Wildman–Crippen LogP) is -0.828. The van der Waals surface area contributed by atoms with Gasteiger partial charge >= 0.3 is 0 Å². The summed E-state index contributed by atoms with van der Waals surface area (Å²) in [6, 6.07) is 7.39. The summed E-state index contributed by atoms with van der Waals surface area (Å²) >= 11 is 0. The average Bonchev–Trinajstić information content (AvgIpc) is 2.46. The Labute approximate surface area is 119 Å². The lowest BCUT2D eigenvalue weighted by atomic mass is 10.2. The number of nitrogens with zero attached hydrogens (tertiary/aromatic N) is 1. The second-order valence-electron chi connectivity index (χ2n) is 4.56. The predicted molar refractivity (Wildman–Crippen MR) is 76.4 cm³/mol. The van der Waals surface area contributed by atoms with Crippen LogP contribution in [-0.2, 0) is 6.54 Å². The van der Waals surface area contributed by atoms with Crippen LogP contribution in [0, 0.1) is 0 Å². The highest BCUT2D eigenvalue weighted by atomic mass is 16.5. The van der Waals surface area contributed by atoms with E-state index in [4.69, 9.17) is 20.7 Å². The monoisotopic (exact) mass is 284 g/mol. The van der Waals surface area contributed by atoms with Crippen molar-refractivity contribution in [1.82, 2.24) is 4.90 Å². The minimum Gasteiger partial charge on any atom is -0.491 e. The van der Waals surface area contributed by atoms with Gasteiger partial charge in [0, 0.05) is 26.2 Å². The molecule has 1 aromatic rings. The van der Waals surface area contributed by atoms with Gasteiger partial charge in [-0.15, -0.1) is 0 Å². The molecule has 5 N–H and O–H groups in total. The number of nitrogens with two attached hydrogens (primary N) is 1. The molecule has 0 aromatic heterocycles. The molecule has 6 nitrogen and oxygen atoms in total. The molecule has 0 heterocycles. The first-order valence-corrected chi connectivity index (χ1v) is 6.73. The van der Waals surface area contributed by atoms with Crippen molar-refractivity contribution >= 4 is 0 Å². The Morgan fingerprint density at radius 2 is 1.70 bits per heavy atom. The van der Waals surface area contributed by atoms with Gasteiger partial charge in [0.1, 0.15) is 18.5 Å². The summed E-state index contributed by atoms with van der Waals surface area (Å²) < 4.78 is 5.48. The van der Waals surface area contributed by atoms with Crippen LogP contribution in [0.1, 0.15) is 5.56 Å². The van der Waals surface area contributed by atoms with Gasteiger partial charge in [0.05, 0.1) is 13.2 Å². The second-order valence-corrected chi connectivity index (χ2v) is 4.56. The molecular weight excluding hydrogens is 260 g/mol. The van der Waals surface area contributed by atoms with E-state index in [2.05, 4.69) is 0 Å². The van der Waals surface area contributed by atoms with Gasteiger partial charge in [-0.25, -0.2) is 0 Å². The lowest BCUT2D eigenvalue weighted by Gasteiger charge is -2.23. The van der Waals surface area contributed by atoms with Crippen molar-refractivity contribution in [1.29, 1.82) is 0 Å². The Hall–Kier alpha value is -1.18. The third-order valence-electron chi connectivity index (χ3n) is 2.90. The van der Waals surface area contributed by atoms with Crippen molar-refractivity contribution in [2.45, 2.75) is 12.6 Å². The van der Waals surface area contributed by atoms with Crippen LogP contribution in [-0.4, -0.2) is 65.8 Å². The molecular formula is C14H24N2O4. The minimum absolute atomic E-state index is 0.00583. The molecule has 0 fully saturated rings. The smallest absolute Gasteiger partial charge is 0.119 e. The zero-order valence-electron chi connectivity index (χ0n) is 11.6. The lowest BCUT2D eigenvalue weighted by molar-refractivity contribution is 0.0552. The fraction of sp³-hybridized carbons (Fsp3) is 0.571. The Morgan fingerprint density at radius 3 is 2.20 bits per heavy atom. The van der Waals surface area contributed by atoms with Crippen LogP contribution in [0.5, 0.6) is 5.75 Å².